The molecule has 2 unspecified atom stereocenters. The second kappa shape index (κ2) is 6.42. The van der Waals surface area contributed by atoms with Crippen LogP contribution >= 0.6 is 0 Å². The summed E-state index contributed by atoms with van der Waals surface area (Å²) in [5.74, 6) is 0.689. The molecule has 0 amide bonds. The standard InChI is InChI=1S/C18H23N/c1-4-14(2)15(3)19-18-12-10-17(11-13-18)16-8-6-5-7-9-16/h5-15,19H,4H2,1-3H3. The lowest BCUT2D eigenvalue weighted by Gasteiger charge is -2.21. The summed E-state index contributed by atoms with van der Waals surface area (Å²) >= 11 is 0. The molecule has 0 aliphatic carbocycles. The van der Waals surface area contributed by atoms with Crippen LogP contribution in [0.4, 0.5) is 5.69 Å². The van der Waals surface area contributed by atoms with Crippen molar-refractivity contribution in [2.45, 2.75) is 33.2 Å². The fraction of sp³-hybridized carbons (Fsp3) is 0.333. The van der Waals surface area contributed by atoms with Crippen LogP contribution in [-0.2, 0) is 0 Å². The predicted octanol–water partition coefficient (Wildman–Crippen LogP) is 5.20. The lowest BCUT2D eigenvalue weighted by molar-refractivity contribution is 0.494. The van der Waals surface area contributed by atoms with E-state index in [2.05, 4.69) is 74.6 Å². The third kappa shape index (κ3) is 3.60. The molecule has 1 N–H and O–H groups in total. The van der Waals surface area contributed by atoms with E-state index >= 15 is 0 Å². The topological polar surface area (TPSA) is 12.0 Å². The number of nitrogens with one attached hydrogen (secondary N) is 1. The summed E-state index contributed by atoms with van der Waals surface area (Å²) in [7, 11) is 0. The maximum Gasteiger partial charge on any atom is 0.0342 e. The van der Waals surface area contributed by atoms with Gasteiger partial charge in [-0.1, -0.05) is 62.7 Å². The van der Waals surface area contributed by atoms with Crippen LogP contribution < -0.4 is 5.32 Å². The highest BCUT2D eigenvalue weighted by molar-refractivity contribution is 5.65. The van der Waals surface area contributed by atoms with Crippen molar-refractivity contribution in [3.05, 3.63) is 54.6 Å². The molecule has 100 valence electrons. The summed E-state index contributed by atoms with van der Waals surface area (Å²) in [6.07, 6.45) is 1.20. The van der Waals surface area contributed by atoms with Gasteiger partial charge in [0.05, 0.1) is 0 Å². The first kappa shape index (κ1) is 13.7. The second-order valence-electron chi connectivity index (χ2n) is 5.26. The monoisotopic (exact) mass is 253 g/mol. The van der Waals surface area contributed by atoms with Gasteiger partial charge in [-0.05, 0) is 36.1 Å². The molecule has 0 spiro atoms. The van der Waals surface area contributed by atoms with Crippen molar-refractivity contribution in [3.63, 3.8) is 0 Å². The first-order valence-electron chi connectivity index (χ1n) is 7.12. The molecule has 19 heavy (non-hydrogen) atoms. The second-order valence-corrected chi connectivity index (χ2v) is 5.26. The van der Waals surface area contributed by atoms with E-state index in [9.17, 15) is 0 Å². The zero-order chi connectivity index (χ0) is 13.7. The third-order valence-corrected chi connectivity index (χ3v) is 3.88. The Balaban J connectivity index is 2.07. The molecule has 0 radical (unpaired) electrons. The van der Waals surface area contributed by atoms with E-state index in [0.717, 1.165) is 0 Å². The van der Waals surface area contributed by atoms with Crippen molar-refractivity contribution >= 4 is 5.69 Å². The molecule has 0 aromatic heterocycles. The van der Waals surface area contributed by atoms with Crippen LogP contribution in [0.1, 0.15) is 27.2 Å². The van der Waals surface area contributed by atoms with E-state index in [1.54, 1.807) is 0 Å². The first-order valence-corrected chi connectivity index (χ1v) is 7.12. The van der Waals surface area contributed by atoms with E-state index < -0.39 is 0 Å². The van der Waals surface area contributed by atoms with Crippen LogP contribution in [0.15, 0.2) is 54.6 Å². The molecule has 1 nitrogen and oxygen atoms in total. The van der Waals surface area contributed by atoms with Gasteiger partial charge in [-0.25, -0.2) is 0 Å². The Morgan fingerprint density at radius 2 is 1.42 bits per heavy atom. The van der Waals surface area contributed by atoms with Gasteiger partial charge >= 0.3 is 0 Å². The summed E-state index contributed by atoms with van der Waals surface area (Å²) in [5.41, 5.74) is 3.74. The average molecular weight is 253 g/mol. The van der Waals surface area contributed by atoms with Gasteiger partial charge in [0.2, 0.25) is 0 Å². The van der Waals surface area contributed by atoms with E-state index in [4.69, 9.17) is 0 Å². The molecule has 0 saturated heterocycles. The minimum atomic E-state index is 0.507. The van der Waals surface area contributed by atoms with Crippen LogP contribution in [0.5, 0.6) is 0 Å². The Labute approximate surface area is 116 Å². The number of benzene rings is 2. The molecule has 2 aromatic rings. The van der Waals surface area contributed by atoms with Gasteiger partial charge in [0.15, 0.2) is 0 Å². The molecular formula is C18H23N. The zero-order valence-corrected chi connectivity index (χ0v) is 12.1. The van der Waals surface area contributed by atoms with E-state index in [1.165, 1.54) is 23.2 Å². The number of rotatable bonds is 5. The van der Waals surface area contributed by atoms with Gasteiger partial charge in [-0.2, -0.15) is 0 Å². The van der Waals surface area contributed by atoms with Gasteiger partial charge in [0.1, 0.15) is 0 Å². The highest BCUT2D eigenvalue weighted by atomic mass is 14.9. The summed E-state index contributed by atoms with van der Waals surface area (Å²) in [4.78, 5) is 0. The summed E-state index contributed by atoms with van der Waals surface area (Å²) in [6.45, 7) is 6.77. The number of hydrogen-bond donors (Lipinski definition) is 1. The lowest BCUT2D eigenvalue weighted by atomic mass is 10.0. The number of anilines is 1. The Hall–Kier alpha value is -1.76. The maximum absolute atomic E-state index is 3.57. The smallest absolute Gasteiger partial charge is 0.0342 e. The van der Waals surface area contributed by atoms with Crippen molar-refractivity contribution in [3.8, 4) is 11.1 Å². The largest absolute Gasteiger partial charge is 0.382 e. The molecule has 0 fully saturated rings. The maximum atomic E-state index is 3.57. The quantitative estimate of drug-likeness (QED) is 0.772. The normalized spacial score (nSPS) is 13.8. The summed E-state index contributed by atoms with van der Waals surface area (Å²) < 4.78 is 0. The van der Waals surface area contributed by atoms with Gasteiger partial charge in [0, 0.05) is 11.7 Å². The molecule has 2 rings (SSSR count). The van der Waals surface area contributed by atoms with Gasteiger partial charge in [-0.3, -0.25) is 0 Å². The Morgan fingerprint density at radius 1 is 0.842 bits per heavy atom. The molecule has 0 heterocycles. The SMILES string of the molecule is CCC(C)C(C)Nc1ccc(-c2ccccc2)cc1. The van der Waals surface area contributed by atoms with Crippen LogP contribution in [-0.4, -0.2) is 6.04 Å². The average Bonchev–Trinajstić information content (AvgIpc) is 2.48. The predicted molar refractivity (Wildman–Crippen MR) is 84.4 cm³/mol. The molecule has 0 bridgehead atoms. The van der Waals surface area contributed by atoms with Crippen LogP contribution in [0.2, 0.25) is 0 Å². The highest BCUT2D eigenvalue weighted by Crippen LogP contribution is 2.22. The van der Waals surface area contributed by atoms with Crippen molar-refractivity contribution < 1.29 is 0 Å². The Morgan fingerprint density at radius 3 is 2.00 bits per heavy atom. The molecular weight excluding hydrogens is 230 g/mol. The molecule has 1 heteroatoms. The molecule has 0 saturated carbocycles. The Kier molecular flexibility index (Phi) is 4.62. The van der Waals surface area contributed by atoms with Crippen LogP contribution in [0, 0.1) is 5.92 Å². The zero-order valence-electron chi connectivity index (χ0n) is 12.1. The van der Waals surface area contributed by atoms with Gasteiger partial charge in [0.25, 0.3) is 0 Å². The summed E-state index contributed by atoms with van der Waals surface area (Å²) in [6, 6.07) is 19.7. The van der Waals surface area contributed by atoms with Crippen molar-refractivity contribution in [1.82, 2.24) is 0 Å². The Bertz CT molecular complexity index is 487. The van der Waals surface area contributed by atoms with Gasteiger partial charge in [-0.15, -0.1) is 0 Å². The number of hydrogen-bond acceptors (Lipinski definition) is 1. The van der Waals surface area contributed by atoms with Crippen molar-refractivity contribution in [2.75, 3.05) is 5.32 Å². The van der Waals surface area contributed by atoms with Crippen molar-refractivity contribution in [2.24, 2.45) is 5.92 Å². The van der Waals surface area contributed by atoms with Gasteiger partial charge < -0.3 is 5.32 Å². The minimum Gasteiger partial charge on any atom is -0.382 e. The fourth-order valence-electron chi connectivity index (χ4n) is 2.15. The van der Waals surface area contributed by atoms with E-state index in [-0.39, 0.29) is 0 Å². The fourth-order valence-corrected chi connectivity index (χ4v) is 2.15. The van der Waals surface area contributed by atoms with E-state index in [1.807, 2.05) is 6.07 Å². The summed E-state index contributed by atoms with van der Waals surface area (Å²) in [5, 5.41) is 3.57. The molecule has 0 aliphatic rings. The third-order valence-electron chi connectivity index (χ3n) is 3.88. The molecule has 2 aromatic carbocycles. The van der Waals surface area contributed by atoms with Crippen LogP contribution in [0.25, 0.3) is 11.1 Å². The first-order chi connectivity index (χ1) is 9.20. The minimum absolute atomic E-state index is 0.507. The molecule has 2 atom stereocenters. The van der Waals surface area contributed by atoms with Crippen LogP contribution in [0.3, 0.4) is 0 Å². The van der Waals surface area contributed by atoms with Crippen molar-refractivity contribution in [1.29, 1.82) is 0 Å². The highest BCUT2D eigenvalue weighted by Gasteiger charge is 2.09. The van der Waals surface area contributed by atoms with E-state index in [0.29, 0.717) is 12.0 Å². The molecule has 0 aliphatic heterocycles. The lowest BCUT2D eigenvalue weighted by Crippen LogP contribution is -2.23.